The molecule has 3 rings (SSSR count). The maximum absolute atomic E-state index is 6.16. The first-order chi connectivity index (χ1) is 9.54. The quantitative estimate of drug-likeness (QED) is 0.548. The molecule has 1 N–H and O–H groups in total. The van der Waals surface area contributed by atoms with Gasteiger partial charge in [0.05, 0.1) is 20.9 Å². The predicted octanol–water partition coefficient (Wildman–Crippen LogP) is 6.42. The highest BCUT2D eigenvalue weighted by molar-refractivity contribution is 9.10. The van der Waals surface area contributed by atoms with Crippen LogP contribution < -0.4 is 5.32 Å². The van der Waals surface area contributed by atoms with E-state index in [4.69, 9.17) is 23.2 Å². The molecule has 0 aliphatic rings. The Morgan fingerprint density at radius 1 is 1.20 bits per heavy atom. The third-order valence-corrected chi connectivity index (χ3v) is 5.37. The Hall–Kier alpha value is -0.810. The smallest absolute Gasteiger partial charge is 0.188 e. The van der Waals surface area contributed by atoms with Crippen molar-refractivity contribution < 1.29 is 0 Å². The molecule has 1 aromatic heterocycles. The molecule has 0 atom stereocenters. The summed E-state index contributed by atoms with van der Waals surface area (Å²) in [7, 11) is 0. The Bertz CT molecular complexity index is 801. The minimum absolute atomic E-state index is 0.717. The van der Waals surface area contributed by atoms with Crippen molar-refractivity contribution in [2.24, 2.45) is 0 Å². The van der Waals surface area contributed by atoms with Crippen LogP contribution in [-0.4, -0.2) is 4.98 Å². The standard InChI is InChI=1S/C14H9BrCl2N2S/c1-7-5-8(15)12(6-10(7)17)19-14-18-11-4-2-3-9(16)13(11)20-14/h2-6H,1H3,(H,18,19). The zero-order chi connectivity index (χ0) is 14.3. The molecule has 0 fully saturated rings. The number of anilines is 2. The molecule has 2 nitrogen and oxygen atoms in total. The summed E-state index contributed by atoms with van der Waals surface area (Å²) in [6.07, 6.45) is 0. The summed E-state index contributed by atoms with van der Waals surface area (Å²) in [6, 6.07) is 9.57. The van der Waals surface area contributed by atoms with Gasteiger partial charge >= 0.3 is 0 Å². The van der Waals surface area contributed by atoms with Crippen molar-refractivity contribution in [1.29, 1.82) is 0 Å². The van der Waals surface area contributed by atoms with Crippen LogP contribution >= 0.6 is 50.5 Å². The molecule has 0 unspecified atom stereocenters. The van der Waals surface area contributed by atoms with Crippen LogP contribution in [0.25, 0.3) is 10.2 Å². The molecule has 2 aromatic carbocycles. The third kappa shape index (κ3) is 2.66. The van der Waals surface area contributed by atoms with Crippen molar-refractivity contribution in [3.8, 4) is 0 Å². The normalized spacial score (nSPS) is 11.0. The highest BCUT2D eigenvalue weighted by atomic mass is 79.9. The Morgan fingerprint density at radius 3 is 2.75 bits per heavy atom. The predicted molar refractivity (Wildman–Crippen MR) is 91.8 cm³/mol. The Kier molecular flexibility index (Phi) is 3.91. The number of aryl methyl sites for hydroxylation is 1. The van der Waals surface area contributed by atoms with Crippen molar-refractivity contribution >= 4 is 71.5 Å². The number of rotatable bonds is 2. The minimum Gasteiger partial charge on any atom is -0.331 e. The van der Waals surface area contributed by atoms with Crippen LogP contribution in [0.1, 0.15) is 5.56 Å². The van der Waals surface area contributed by atoms with E-state index in [1.807, 2.05) is 37.3 Å². The fourth-order valence-electron chi connectivity index (χ4n) is 1.83. The Labute approximate surface area is 138 Å². The van der Waals surface area contributed by atoms with Gasteiger partial charge in [-0.25, -0.2) is 4.98 Å². The first-order valence-electron chi connectivity index (χ1n) is 5.82. The van der Waals surface area contributed by atoms with E-state index in [2.05, 4.69) is 26.2 Å². The van der Waals surface area contributed by atoms with Gasteiger partial charge in [0, 0.05) is 9.50 Å². The lowest BCUT2D eigenvalue weighted by Crippen LogP contribution is -1.91. The lowest BCUT2D eigenvalue weighted by molar-refractivity contribution is 1.40. The first-order valence-corrected chi connectivity index (χ1v) is 8.19. The Morgan fingerprint density at radius 2 is 2.00 bits per heavy atom. The largest absolute Gasteiger partial charge is 0.331 e. The van der Waals surface area contributed by atoms with Gasteiger partial charge in [-0.3, -0.25) is 0 Å². The molecular formula is C14H9BrCl2N2S. The molecule has 20 heavy (non-hydrogen) atoms. The molecule has 6 heteroatoms. The number of thiazole rings is 1. The van der Waals surface area contributed by atoms with Gasteiger partial charge in [0.1, 0.15) is 0 Å². The first kappa shape index (κ1) is 14.1. The topological polar surface area (TPSA) is 24.9 Å². The number of benzene rings is 2. The van der Waals surface area contributed by atoms with Crippen molar-refractivity contribution in [3.63, 3.8) is 0 Å². The van der Waals surface area contributed by atoms with Crippen LogP contribution in [0.4, 0.5) is 10.8 Å². The van der Waals surface area contributed by atoms with E-state index < -0.39 is 0 Å². The number of fused-ring (bicyclic) bond motifs is 1. The molecule has 0 saturated carbocycles. The fourth-order valence-corrected chi connectivity index (χ4v) is 3.71. The van der Waals surface area contributed by atoms with E-state index in [0.29, 0.717) is 5.02 Å². The van der Waals surface area contributed by atoms with Crippen molar-refractivity contribution in [3.05, 3.63) is 50.4 Å². The van der Waals surface area contributed by atoms with Gasteiger partial charge in [-0.05, 0) is 52.7 Å². The van der Waals surface area contributed by atoms with E-state index in [9.17, 15) is 0 Å². The van der Waals surface area contributed by atoms with E-state index in [1.165, 1.54) is 11.3 Å². The van der Waals surface area contributed by atoms with Gasteiger partial charge < -0.3 is 5.32 Å². The number of hydrogen-bond donors (Lipinski definition) is 1. The molecule has 0 aliphatic heterocycles. The summed E-state index contributed by atoms with van der Waals surface area (Å²) in [5.41, 5.74) is 2.80. The number of nitrogens with one attached hydrogen (secondary N) is 1. The molecule has 0 aliphatic carbocycles. The van der Waals surface area contributed by atoms with Crippen LogP contribution in [0.3, 0.4) is 0 Å². The summed E-state index contributed by atoms with van der Waals surface area (Å²) in [5, 5.41) is 5.49. The van der Waals surface area contributed by atoms with E-state index in [-0.39, 0.29) is 0 Å². The second kappa shape index (κ2) is 5.53. The third-order valence-electron chi connectivity index (χ3n) is 2.86. The van der Waals surface area contributed by atoms with Crippen molar-refractivity contribution in [2.45, 2.75) is 6.92 Å². The lowest BCUT2D eigenvalue weighted by atomic mass is 10.2. The molecule has 0 amide bonds. The van der Waals surface area contributed by atoms with Crippen LogP contribution in [-0.2, 0) is 0 Å². The van der Waals surface area contributed by atoms with Gasteiger partial charge in [0.2, 0.25) is 0 Å². The van der Waals surface area contributed by atoms with E-state index >= 15 is 0 Å². The number of hydrogen-bond acceptors (Lipinski definition) is 3. The van der Waals surface area contributed by atoms with Crippen molar-refractivity contribution in [1.82, 2.24) is 4.98 Å². The average molecular weight is 388 g/mol. The number of aromatic nitrogens is 1. The summed E-state index contributed by atoms with van der Waals surface area (Å²) in [6.45, 7) is 1.97. The maximum Gasteiger partial charge on any atom is 0.188 e. The molecular weight excluding hydrogens is 379 g/mol. The van der Waals surface area contributed by atoms with Crippen molar-refractivity contribution in [2.75, 3.05) is 5.32 Å². The molecule has 0 radical (unpaired) electrons. The lowest BCUT2D eigenvalue weighted by Gasteiger charge is -2.07. The molecule has 3 aromatic rings. The highest BCUT2D eigenvalue weighted by Crippen LogP contribution is 2.36. The molecule has 1 heterocycles. The minimum atomic E-state index is 0.717. The number of nitrogens with zero attached hydrogens (tertiary/aromatic N) is 1. The molecule has 102 valence electrons. The fraction of sp³-hybridized carbons (Fsp3) is 0.0714. The SMILES string of the molecule is Cc1cc(Br)c(Nc2nc3cccc(Cl)c3s2)cc1Cl. The second-order valence-electron chi connectivity index (χ2n) is 4.31. The van der Waals surface area contributed by atoms with Gasteiger partial charge in [-0.2, -0.15) is 0 Å². The van der Waals surface area contributed by atoms with E-state index in [0.717, 1.165) is 36.1 Å². The highest BCUT2D eigenvalue weighted by Gasteiger charge is 2.09. The number of halogens is 3. The van der Waals surface area contributed by atoms with Gasteiger partial charge in [0.15, 0.2) is 5.13 Å². The van der Waals surface area contributed by atoms with Crippen LogP contribution in [0.5, 0.6) is 0 Å². The van der Waals surface area contributed by atoms with Crippen LogP contribution in [0.15, 0.2) is 34.8 Å². The van der Waals surface area contributed by atoms with E-state index in [1.54, 1.807) is 0 Å². The average Bonchev–Trinajstić information content (AvgIpc) is 2.80. The molecule has 0 bridgehead atoms. The molecule has 0 saturated heterocycles. The molecule has 0 spiro atoms. The maximum atomic E-state index is 6.16. The van der Waals surface area contributed by atoms with Gasteiger partial charge in [-0.15, -0.1) is 0 Å². The van der Waals surface area contributed by atoms with Crippen LogP contribution in [0, 0.1) is 6.92 Å². The summed E-state index contributed by atoms with van der Waals surface area (Å²) in [5.74, 6) is 0. The summed E-state index contributed by atoms with van der Waals surface area (Å²) < 4.78 is 1.93. The summed E-state index contributed by atoms with van der Waals surface area (Å²) in [4.78, 5) is 4.52. The zero-order valence-electron chi connectivity index (χ0n) is 10.4. The zero-order valence-corrected chi connectivity index (χ0v) is 14.3. The van der Waals surface area contributed by atoms with Crippen LogP contribution in [0.2, 0.25) is 10.0 Å². The van der Waals surface area contributed by atoms with Gasteiger partial charge in [0.25, 0.3) is 0 Å². The Balaban J connectivity index is 2.01. The van der Waals surface area contributed by atoms with Gasteiger partial charge in [-0.1, -0.05) is 40.6 Å². The monoisotopic (exact) mass is 386 g/mol. The summed E-state index contributed by atoms with van der Waals surface area (Å²) >= 11 is 17.4. The second-order valence-corrected chi connectivity index (χ2v) is 6.98.